The Kier molecular flexibility index (Phi) is 3.68. The van der Waals surface area contributed by atoms with Crippen molar-refractivity contribution in [3.05, 3.63) is 0 Å². The van der Waals surface area contributed by atoms with Crippen LogP contribution in [-0.4, -0.2) is 52.4 Å². The van der Waals surface area contributed by atoms with Crippen LogP contribution in [0, 0.1) is 0 Å². The number of hydrogen-bond donors (Lipinski definition) is 1. The van der Waals surface area contributed by atoms with Crippen LogP contribution in [0.1, 0.15) is 32.6 Å². The van der Waals surface area contributed by atoms with Crippen LogP contribution in [0.3, 0.4) is 0 Å². The van der Waals surface area contributed by atoms with Gasteiger partial charge >= 0.3 is 0 Å². The van der Waals surface area contributed by atoms with Crippen LogP contribution in [0.25, 0.3) is 0 Å². The molecule has 0 radical (unpaired) electrons. The maximum Gasteiger partial charge on any atom is 0.219 e. The van der Waals surface area contributed by atoms with Gasteiger partial charge in [-0.3, -0.25) is 9.69 Å². The van der Waals surface area contributed by atoms with Gasteiger partial charge in [-0.15, -0.1) is 0 Å². The zero-order valence-corrected chi connectivity index (χ0v) is 11.3. The van der Waals surface area contributed by atoms with Gasteiger partial charge in [-0.25, -0.2) is 0 Å². The number of carbonyl (C=O) groups excluding carboxylic acids is 1. The summed E-state index contributed by atoms with van der Waals surface area (Å²) in [4.78, 5) is 16.2. The normalized spacial score (nSPS) is 24.9. The number of piperazine rings is 1. The Morgan fingerprint density at radius 2 is 1.71 bits per heavy atom. The predicted octanol–water partition coefficient (Wildman–Crippen LogP) is 0.749. The Hall–Kier alpha value is -0.680. The van der Waals surface area contributed by atoms with E-state index in [1.165, 1.54) is 12.8 Å². The molecule has 1 saturated carbocycles. The molecule has 1 amide bonds. The van der Waals surface area contributed by atoms with Gasteiger partial charge in [0.2, 0.25) is 5.91 Å². The molecular weight excluding hydrogens is 234 g/mol. The van der Waals surface area contributed by atoms with E-state index < -0.39 is 0 Å². The zero-order valence-electron chi connectivity index (χ0n) is 10.4. The molecule has 0 aromatic carbocycles. The standard InChI is InChI=1S/C12H21N3OS/c1-10(16)14-6-8-15(9-7-14)12(11(13)17)4-2-3-5-12/h2-9H2,1H3,(H2,13,17). The lowest BCUT2D eigenvalue weighted by molar-refractivity contribution is -0.131. The van der Waals surface area contributed by atoms with E-state index in [2.05, 4.69) is 4.90 Å². The lowest BCUT2D eigenvalue weighted by Crippen LogP contribution is -2.61. The average molecular weight is 255 g/mol. The minimum Gasteiger partial charge on any atom is -0.392 e. The van der Waals surface area contributed by atoms with Crippen LogP contribution in [0.4, 0.5) is 0 Å². The molecule has 1 heterocycles. The third-order valence-electron chi connectivity index (χ3n) is 4.22. The molecule has 0 bridgehead atoms. The van der Waals surface area contributed by atoms with Crippen molar-refractivity contribution in [1.29, 1.82) is 0 Å². The monoisotopic (exact) mass is 255 g/mol. The molecule has 1 aliphatic heterocycles. The van der Waals surface area contributed by atoms with E-state index in [1.807, 2.05) is 4.90 Å². The summed E-state index contributed by atoms with van der Waals surface area (Å²) in [6, 6.07) is 0. The van der Waals surface area contributed by atoms with Crippen LogP contribution in [-0.2, 0) is 4.79 Å². The fraction of sp³-hybridized carbons (Fsp3) is 0.833. The van der Waals surface area contributed by atoms with Crippen LogP contribution >= 0.6 is 12.2 Å². The fourth-order valence-electron chi connectivity index (χ4n) is 3.13. The first kappa shape index (κ1) is 12.8. The van der Waals surface area contributed by atoms with Gasteiger partial charge in [0, 0.05) is 33.1 Å². The Labute approximate surface area is 108 Å². The van der Waals surface area contributed by atoms with Gasteiger partial charge in [0.05, 0.1) is 10.5 Å². The van der Waals surface area contributed by atoms with Crippen molar-refractivity contribution in [3.63, 3.8) is 0 Å². The third-order valence-corrected chi connectivity index (χ3v) is 4.60. The molecule has 0 unspecified atom stereocenters. The van der Waals surface area contributed by atoms with E-state index in [0.717, 1.165) is 39.0 Å². The van der Waals surface area contributed by atoms with Gasteiger partial charge < -0.3 is 10.6 Å². The maximum atomic E-state index is 11.3. The van der Waals surface area contributed by atoms with E-state index in [-0.39, 0.29) is 11.4 Å². The van der Waals surface area contributed by atoms with E-state index in [4.69, 9.17) is 18.0 Å². The molecular formula is C12H21N3OS. The van der Waals surface area contributed by atoms with Crippen molar-refractivity contribution in [2.75, 3.05) is 26.2 Å². The first-order valence-corrected chi connectivity index (χ1v) is 6.77. The summed E-state index contributed by atoms with van der Waals surface area (Å²) in [5.74, 6) is 0.167. The molecule has 4 nitrogen and oxygen atoms in total. The first-order chi connectivity index (χ1) is 8.06. The zero-order chi connectivity index (χ0) is 12.5. The summed E-state index contributed by atoms with van der Waals surface area (Å²) in [5, 5.41) is 0. The lowest BCUT2D eigenvalue weighted by Gasteiger charge is -2.45. The number of hydrogen-bond acceptors (Lipinski definition) is 3. The minimum absolute atomic E-state index is 0.0573. The fourth-order valence-corrected chi connectivity index (χ4v) is 3.46. The molecule has 17 heavy (non-hydrogen) atoms. The van der Waals surface area contributed by atoms with Gasteiger partial charge in [-0.05, 0) is 12.8 Å². The van der Waals surface area contributed by atoms with Gasteiger partial charge in [-0.2, -0.15) is 0 Å². The van der Waals surface area contributed by atoms with Crippen molar-refractivity contribution in [1.82, 2.24) is 9.80 Å². The van der Waals surface area contributed by atoms with Crippen molar-refractivity contribution >= 4 is 23.1 Å². The highest BCUT2D eigenvalue weighted by Crippen LogP contribution is 2.36. The summed E-state index contributed by atoms with van der Waals surface area (Å²) >= 11 is 5.28. The number of rotatable bonds is 2. The number of nitrogens with zero attached hydrogens (tertiary/aromatic N) is 2. The summed E-state index contributed by atoms with van der Waals surface area (Å²) in [6.07, 6.45) is 4.60. The van der Waals surface area contributed by atoms with Gasteiger partial charge in [0.15, 0.2) is 0 Å². The van der Waals surface area contributed by atoms with Crippen LogP contribution in [0.5, 0.6) is 0 Å². The molecule has 0 atom stereocenters. The Morgan fingerprint density at radius 1 is 1.18 bits per heavy atom. The largest absolute Gasteiger partial charge is 0.392 e. The molecule has 1 aliphatic carbocycles. The van der Waals surface area contributed by atoms with E-state index in [9.17, 15) is 4.79 Å². The quantitative estimate of drug-likeness (QED) is 0.740. The van der Waals surface area contributed by atoms with E-state index >= 15 is 0 Å². The molecule has 2 rings (SSSR count). The van der Waals surface area contributed by atoms with Gasteiger partial charge in [0.25, 0.3) is 0 Å². The lowest BCUT2D eigenvalue weighted by atomic mass is 9.94. The Balaban J connectivity index is 2.03. The van der Waals surface area contributed by atoms with E-state index in [1.54, 1.807) is 6.92 Å². The number of carbonyl (C=O) groups is 1. The van der Waals surface area contributed by atoms with Crippen molar-refractivity contribution < 1.29 is 4.79 Å². The third kappa shape index (κ3) is 2.31. The summed E-state index contributed by atoms with van der Waals surface area (Å²) in [7, 11) is 0. The topological polar surface area (TPSA) is 49.6 Å². The van der Waals surface area contributed by atoms with Crippen molar-refractivity contribution in [3.8, 4) is 0 Å². The summed E-state index contributed by atoms with van der Waals surface area (Å²) in [6.45, 7) is 5.04. The van der Waals surface area contributed by atoms with Crippen LogP contribution < -0.4 is 5.73 Å². The summed E-state index contributed by atoms with van der Waals surface area (Å²) < 4.78 is 0. The molecule has 2 aliphatic rings. The molecule has 5 heteroatoms. The molecule has 96 valence electrons. The average Bonchev–Trinajstić information content (AvgIpc) is 2.79. The van der Waals surface area contributed by atoms with Gasteiger partial charge in [-0.1, -0.05) is 25.1 Å². The van der Waals surface area contributed by atoms with Crippen molar-refractivity contribution in [2.45, 2.75) is 38.1 Å². The molecule has 0 spiro atoms. The molecule has 2 fully saturated rings. The second-order valence-electron chi connectivity index (χ2n) is 5.10. The predicted molar refractivity (Wildman–Crippen MR) is 71.8 cm³/mol. The molecule has 2 N–H and O–H groups in total. The SMILES string of the molecule is CC(=O)N1CCN(C2(C(N)=S)CCCC2)CC1. The van der Waals surface area contributed by atoms with E-state index in [0.29, 0.717) is 4.99 Å². The highest BCUT2D eigenvalue weighted by atomic mass is 32.1. The molecule has 0 aromatic rings. The first-order valence-electron chi connectivity index (χ1n) is 6.37. The Bertz CT molecular complexity index is 318. The number of amides is 1. The number of nitrogens with two attached hydrogens (primary N) is 1. The minimum atomic E-state index is -0.0573. The molecule has 0 aromatic heterocycles. The number of thiocarbonyl (C=S) groups is 1. The molecule has 1 saturated heterocycles. The highest BCUT2D eigenvalue weighted by Gasteiger charge is 2.43. The smallest absolute Gasteiger partial charge is 0.219 e. The summed E-state index contributed by atoms with van der Waals surface area (Å²) in [5.41, 5.74) is 5.91. The van der Waals surface area contributed by atoms with Crippen LogP contribution in [0.15, 0.2) is 0 Å². The van der Waals surface area contributed by atoms with Gasteiger partial charge in [0.1, 0.15) is 0 Å². The highest BCUT2D eigenvalue weighted by molar-refractivity contribution is 7.80. The second kappa shape index (κ2) is 4.90. The van der Waals surface area contributed by atoms with Crippen LogP contribution in [0.2, 0.25) is 0 Å². The maximum absolute atomic E-state index is 11.3. The second-order valence-corrected chi connectivity index (χ2v) is 5.54. The Morgan fingerprint density at radius 3 is 2.12 bits per heavy atom. The van der Waals surface area contributed by atoms with Crippen molar-refractivity contribution in [2.24, 2.45) is 5.73 Å².